The van der Waals surface area contributed by atoms with E-state index in [9.17, 15) is 14.9 Å². The Bertz CT molecular complexity index is 755. The quantitative estimate of drug-likeness (QED) is 0.388. The summed E-state index contributed by atoms with van der Waals surface area (Å²) in [5.74, 6) is 0.696. The number of hydrogen-bond donors (Lipinski definition) is 2. The van der Waals surface area contributed by atoms with Gasteiger partial charge in [0.1, 0.15) is 11.6 Å². The van der Waals surface area contributed by atoms with Crippen molar-refractivity contribution >= 4 is 17.5 Å². The smallest absolute Gasteiger partial charge is 0.267 e. The first-order valence-electron chi connectivity index (χ1n) is 8.74. The van der Waals surface area contributed by atoms with Crippen molar-refractivity contribution in [2.24, 2.45) is 0 Å². The number of benzene rings is 1. The summed E-state index contributed by atoms with van der Waals surface area (Å²) >= 11 is 0. The van der Waals surface area contributed by atoms with Gasteiger partial charge in [-0.2, -0.15) is 5.26 Å². The third kappa shape index (κ3) is 5.64. The zero-order chi connectivity index (χ0) is 19.6. The maximum absolute atomic E-state index is 12.2. The van der Waals surface area contributed by atoms with Crippen molar-refractivity contribution in [1.29, 1.82) is 5.26 Å². The average Bonchev–Trinajstić information content (AvgIpc) is 3.09. The Balaban J connectivity index is 1.84. The van der Waals surface area contributed by atoms with Gasteiger partial charge in [-0.25, -0.2) is 0 Å². The standard InChI is InChI=1S/C19H24N4O4/c1-26-16-7-6-15(11-17(16)27-2)22-19(25)14(12-20)13-21-8-4-10-23-9-3-5-18(23)24/h6-7,11,13,21H,3-5,8-10H2,1-2H3,(H,22,25)/b14-13-. The van der Waals surface area contributed by atoms with Crippen LogP contribution >= 0.6 is 0 Å². The molecule has 2 N–H and O–H groups in total. The normalized spacial score (nSPS) is 13.9. The highest BCUT2D eigenvalue weighted by molar-refractivity contribution is 6.06. The zero-order valence-electron chi connectivity index (χ0n) is 15.6. The zero-order valence-corrected chi connectivity index (χ0v) is 15.6. The van der Waals surface area contributed by atoms with Crippen LogP contribution in [-0.4, -0.2) is 50.6 Å². The molecule has 1 aliphatic rings. The van der Waals surface area contributed by atoms with Crippen molar-refractivity contribution in [1.82, 2.24) is 10.2 Å². The Labute approximate surface area is 158 Å². The molecule has 2 rings (SSSR count). The van der Waals surface area contributed by atoms with E-state index >= 15 is 0 Å². The van der Waals surface area contributed by atoms with E-state index < -0.39 is 5.91 Å². The van der Waals surface area contributed by atoms with E-state index in [-0.39, 0.29) is 11.5 Å². The molecule has 8 nitrogen and oxygen atoms in total. The van der Waals surface area contributed by atoms with Gasteiger partial charge in [0.05, 0.1) is 14.2 Å². The SMILES string of the molecule is COc1ccc(NC(=O)/C(C#N)=C\NCCCN2CCCC2=O)cc1OC. The van der Waals surface area contributed by atoms with Gasteiger partial charge in [-0.1, -0.05) is 0 Å². The number of nitriles is 1. The topological polar surface area (TPSA) is 104 Å². The summed E-state index contributed by atoms with van der Waals surface area (Å²) in [6.07, 6.45) is 3.68. The molecule has 0 saturated carbocycles. The van der Waals surface area contributed by atoms with Crippen LogP contribution in [0.25, 0.3) is 0 Å². The Kier molecular flexibility index (Phi) is 7.49. The molecular formula is C19H24N4O4. The number of methoxy groups -OCH3 is 2. The van der Waals surface area contributed by atoms with Gasteiger partial charge in [0.15, 0.2) is 11.5 Å². The summed E-state index contributed by atoms with van der Waals surface area (Å²) < 4.78 is 10.3. The van der Waals surface area contributed by atoms with Crippen LogP contribution in [0.3, 0.4) is 0 Å². The molecular weight excluding hydrogens is 348 g/mol. The lowest BCUT2D eigenvalue weighted by molar-refractivity contribution is -0.127. The first kappa shape index (κ1) is 20.1. The van der Waals surface area contributed by atoms with Gasteiger partial charge >= 0.3 is 0 Å². The molecule has 1 aromatic carbocycles. The fourth-order valence-electron chi connectivity index (χ4n) is 2.75. The van der Waals surface area contributed by atoms with Crippen LogP contribution in [0.5, 0.6) is 11.5 Å². The number of carbonyl (C=O) groups excluding carboxylic acids is 2. The molecule has 2 amide bonds. The number of likely N-dealkylation sites (tertiary alicyclic amines) is 1. The molecule has 8 heteroatoms. The fourth-order valence-corrected chi connectivity index (χ4v) is 2.75. The number of ether oxygens (including phenoxy) is 2. The van der Waals surface area contributed by atoms with Gasteiger partial charge in [-0.3, -0.25) is 9.59 Å². The molecule has 0 spiro atoms. The van der Waals surface area contributed by atoms with E-state index in [0.717, 1.165) is 19.4 Å². The second kappa shape index (κ2) is 10.1. The average molecular weight is 372 g/mol. The Hall–Kier alpha value is -3.21. The molecule has 0 aromatic heterocycles. The molecule has 0 atom stereocenters. The number of rotatable bonds is 9. The van der Waals surface area contributed by atoms with Crippen LogP contribution in [0.2, 0.25) is 0 Å². The van der Waals surface area contributed by atoms with Gasteiger partial charge in [0.2, 0.25) is 5.91 Å². The van der Waals surface area contributed by atoms with Crippen LogP contribution in [0.4, 0.5) is 5.69 Å². The Morgan fingerprint density at radius 3 is 2.74 bits per heavy atom. The minimum atomic E-state index is -0.521. The van der Waals surface area contributed by atoms with E-state index in [1.54, 1.807) is 18.2 Å². The summed E-state index contributed by atoms with van der Waals surface area (Å²) in [5.41, 5.74) is 0.452. The van der Waals surface area contributed by atoms with E-state index in [2.05, 4.69) is 10.6 Å². The molecule has 1 aromatic rings. The van der Waals surface area contributed by atoms with Crippen molar-refractivity contribution in [2.45, 2.75) is 19.3 Å². The summed E-state index contributed by atoms with van der Waals surface area (Å²) in [6.45, 7) is 2.06. The van der Waals surface area contributed by atoms with Crippen molar-refractivity contribution in [3.63, 3.8) is 0 Å². The van der Waals surface area contributed by atoms with Gasteiger partial charge in [-0.15, -0.1) is 0 Å². The van der Waals surface area contributed by atoms with Crippen LogP contribution in [0.1, 0.15) is 19.3 Å². The van der Waals surface area contributed by atoms with E-state index in [1.165, 1.54) is 20.4 Å². The van der Waals surface area contributed by atoms with Gasteiger partial charge in [0, 0.05) is 44.0 Å². The summed E-state index contributed by atoms with van der Waals surface area (Å²) in [4.78, 5) is 25.6. The van der Waals surface area contributed by atoms with Gasteiger partial charge in [-0.05, 0) is 25.0 Å². The highest BCUT2D eigenvalue weighted by atomic mass is 16.5. The molecule has 1 aliphatic heterocycles. The number of amides is 2. The van der Waals surface area contributed by atoms with Crippen LogP contribution < -0.4 is 20.1 Å². The summed E-state index contributed by atoms with van der Waals surface area (Å²) in [6, 6.07) is 6.83. The largest absolute Gasteiger partial charge is 0.493 e. The highest BCUT2D eigenvalue weighted by Crippen LogP contribution is 2.29. The predicted molar refractivity (Wildman–Crippen MR) is 100 cm³/mol. The second-order valence-corrected chi connectivity index (χ2v) is 5.99. The highest BCUT2D eigenvalue weighted by Gasteiger charge is 2.18. The lowest BCUT2D eigenvalue weighted by Crippen LogP contribution is -2.27. The first-order valence-corrected chi connectivity index (χ1v) is 8.74. The van der Waals surface area contributed by atoms with E-state index in [0.29, 0.717) is 36.7 Å². The molecule has 0 bridgehead atoms. The van der Waals surface area contributed by atoms with E-state index in [4.69, 9.17) is 9.47 Å². The maximum Gasteiger partial charge on any atom is 0.267 e. The summed E-state index contributed by atoms with van der Waals surface area (Å²) in [5, 5.41) is 14.8. The molecule has 0 aliphatic carbocycles. The number of hydrogen-bond acceptors (Lipinski definition) is 6. The third-order valence-electron chi connectivity index (χ3n) is 4.17. The van der Waals surface area contributed by atoms with Crippen molar-refractivity contribution in [3.8, 4) is 17.6 Å². The monoisotopic (exact) mass is 372 g/mol. The Morgan fingerprint density at radius 2 is 2.11 bits per heavy atom. The van der Waals surface area contributed by atoms with Gasteiger partial charge < -0.3 is 25.0 Å². The molecule has 1 saturated heterocycles. The number of carbonyl (C=O) groups is 2. The van der Waals surface area contributed by atoms with Crippen molar-refractivity contribution in [3.05, 3.63) is 30.0 Å². The maximum atomic E-state index is 12.2. The molecule has 1 heterocycles. The lowest BCUT2D eigenvalue weighted by atomic mass is 10.2. The van der Waals surface area contributed by atoms with Crippen LogP contribution in [0, 0.1) is 11.3 Å². The minimum absolute atomic E-state index is 0.0398. The van der Waals surface area contributed by atoms with E-state index in [1.807, 2.05) is 11.0 Å². The first-order chi connectivity index (χ1) is 13.1. The summed E-state index contributed by atoms with van der Waals surface area (Å²) in [7, 11) is 3.03. The number of nitrogens with zero attached hydrogens (tertiary/aromatic N) is 2. The van der Waals surface area contributed by atoms with Crippen molar-refractivity contribution < 1.29 is 19.1 Å². The second-order valence-electron chi connectivity index (χ2n) is 5.99. The molecule has 1 fully saturated rings. The fraction of sp³-hybridized carbons (Fsp3) is 0.421. The van der Waals surface area contributed by atoms with Gasteiger partial charge in [0.25, 0.3) is 5.91 Å². The molecule has 144 valence electrons. The predicted octanol–water partition coefficient (Wildman–Crippen LogP) is 1.65. The molecule has 27 heavy (non-hydrogen) atoms. The minimum Gasteiger partial charge on any atom is -0.493 e. The number of anilines is 1. The van der Waals surface area contributed by atoms with Crippen LogP contribution in [0.15, 0.2) is 30.0 Å². The van der Waals surface area contributed by atoms with Crippen molar-refractivity contribution in [2.75, 3.05) is 39.2 Å². The third-order valence-corrected chi connectivity index (χ3v) is 4.17. The molecule has 0 radical (unpaired) electrons. The lowest BCUT2D eigenvalue weighted by Gasteiger charge is -2.14. The Morgan fingerprint density at radius 1 is 1.33 bits per heavy atom. The number of nitrogens with one attached hydrogen (secondary N) is 2. The molecule has 0 unspecified atom stereocenters. The van der Waals surface area contributed by atoms with Crippen LogP contribution in [-0.2, 0) is 9.59 Å².